The van der Waals surface area contributed by atoms with Gasteiger partial charge in [-0.2, -0.15) is 0 Å². The number of aliphatic hydroxyl groups excluding tert-OH is 2. The van der Waals surface area contributed by atoms with E-state index in [1.807, 2.05) is 0 Å². The van der Waals surface area contributed by atoms with Crippen LogP contribution >= 0.6 is 0 Å². The zero-order valence-corrected chi connectivity index (χ0v) is 8.14. The van der Waals surface area contributed by atoms with Crippen molar-refractivity contribution in [3.8, 4) is 5.75 Å². The third-order valence-electron chi connectivity index (χ3n) is 1.64. The third kappa shape index (κ3) is 3.97. The molecule has 0 saturated carbocycles. The molecule has 0 aliphatic rings. The van der Waals surface area contributed by atoms with Gasteiger partial charge in [0.05, 0.1) is 6.61 Å². The lowest BCUT2D eigenvalue weighted by molar-refractivity contribution is -0.118. The van der Waals surface area contributed by atoms with Crippen LogP contribution in [0, 0.1) is 0 Å². The smallest absolute Gasteiger partial charge is 0.250 e. The molecule has 0 saturated heterocycles. The van der Waals surface area contributed by atoms with Gasteiger partial charge in [0.2, 0.25) is 5.91 Å². The fourth-order valence-corrected chi connectivity index (χ4v) is 0.999. The van der Waals surface area contributed by atoms with Crippen molar-refractivity contribution < 1.29 is 19.7 Å². The first-order chi connectivity index (χ1) is 7.26. The number of hydrogen-bond donors (Lipinski definition) is 3. The van der Waals surface area contributed by atoms with Gasteiger partial charge in [0.15, 0.2) is 0 Å². The van der Waals surface area contributed by atoms with E-state index < -0.39 is 12.5 Å². The van der Waals surface area contributed by atoms with Crippen LogP contribution in [0.15, 0.2) is 24.3 Å². The Bertz CT molecular complexity index is 310. The van der Waals surface area contributed by atoms with Crippen molar-refractivity contribution in [3.05, 3.63) is 24.3 Å². The molecule has 5 nitrogen and oxygen atoms in total. The molecule has 1 amide bonds. The number of nitrogens with one attached hydrogen (secondary N) is 1. The Labute approximate surface area is 87.3 Å². The molecule has 0 atom stereocenters. The van der Waals surface area contributed by atoms with Crippen molar-refractivity contribution >= 4 is 11.6 Å². The Morgan fingerprint density at radius 1 is 1.27 bits per heavy atom. The number of anilines is 1. The number of ether oxygens (including phenoxy) is 1. The minimum absolute atomic E-state index is 0.0387. The average molecular weight is 211 g/mol. The lowest BCUT2D eigenvalue weighted by Crippen LogP contribution is -2.15. The normalized spacial score (nSPS) is 9.73. The van der Waals surface area contributed by atoms with Gasteiger partial charge in [-0.25, -0.2) is 0 Å². The van der Waals surface area contributed by atoms with Crippen LogP contribution in [0.5, 0.6) is 5.75 Å². The third-order valence-corrected chi connectivity index (χ3v) is 1.64. The molecule has 0 fully saturated rings. The maximum Gasteiger partial charge on any atom is 0.250 e. The van der Waals surface area contributed by atoms with Crippen LogP contribution in [-0.4, -0.2) is 35.9 Å². The van der Waals surface area contributed by atoms with E-state index in [4.69, 9.17) is 14.9 Å². The summed E-state index contributed by atoms with van der Waals surface area (Å²) in [5.74, 6) is 0.157. The molecule has 0 aromatic heterocycles. The molecule has 5 heteroatoms. The van der Waals surface area contributed by atoms with E-state index in [1.165, 1.54) is 0 Å². The van der Waals surface area contributed by atoms with E-state index in [-0.39, 0.29) is 13.2 Å². The van der Waals surface area contributed by atoms with Crippen molar-refractivity contribution in [1.82, 2.24) is 0 Å². The highest BCUT2D eigenvalue weighted by atomic mass is 16.5. The SMILES string of the molecule is O=C(CO)Nc1ccc(OCCO)cc1. The Balaban J connectivity index is 2.52. The summed E-state index contributed by atoms with van der Waals surface area (Å²) in [4.78, 5) is 10.8. The van der Waals surface area contributed by atoms with Crippen LogP contribution in [-0.2, 0) is 4.79 Å². The van der Waals surface area contributed by atoms with E-state index in [0.29, 0.717) is 11.4 Å². The van der Waals surface area contributed by atoms with Gasteiger partial charge in [-0.1, -0.05) is 0 Å². The number of carbonyl (C=O) groups is 1. The molecule has 1 rings (SSSR count). The van der Waals surface area contributed by atoms with Crippen molar-refractivity contribution in [2.45, 2.75) is 0 Å². The molecular formula is C10H13NO4. The monoisotopic (exact) mass is 211 g/mol. The van der Waals surface area contributed by atoms with Crippen LogP contribution in [0.1, 0.15) is 0 Å². The molecule has 3 N–H and O–H groups in total. The number of amides is 1. The van der Waals surface area contributed by atoms with Crippen LogP contribution in [0.3, 0.4) is 0 Å². The van der Waals surface area contributed by atoms with Gasteiger partial charge in [0.1, 0.15) is 19.0 Å². The zero-order valence-electron chi connectivity index (χ0n) is 8.14. The van der Waals surface area contributed by atoms with Crippen LogP contribution in [0.2, 0.25) is 0 Å². The molecular weight excluding hydrogens is 198 g/mol. The zero-order chi connectivity index (χ0) is 11.1. The molecule has 0 radical (unpaired) electrons. The number of benzene rings is 1. The lowest BCUT2D eigenvalue weighted by atomic mass is 10.3. The lowest BCUT2D eigenvalue weighted by Gasteiger charge is -2.06. The largest absolute Gasteiger partial charge is 0.491 e. The summed E-state index contributed by atoms with van der Waals surface area (Å²) in [6.45, 7) is -0.339. The number of hydrogen-bond acceptors (Lipinski definition) is 4. The minimum atomic E-state index is -0.539. The van der Waals surface area contributed by atoms with Crippen LogP contribution in [0.25, 0.3) is 0 Å². The van der Waals surface area contributed by atoms with Gasteiger partial charge in [0, 0.05) is 5.69 Å². The minimum Gasteiger partial charge on any atom is -0.491 e. The van der Waals surface area contributed by atoms with Gasteiger partial charge >= 0.3 is 0 Å². The number of aliphatic hydroxyl groups is 2. The van der Waals surface area contributed by atoms with Crippen molar-refractivity contribution in [2.24, 2.45) is 0 Å². The second kappa shape index (κ2) is 6.00. The molecule has 0 aliphatic carbocycles. The average Bonchev–Trinajstić information content (AvgIpc) is 2.28. The highest BCUT2D eigenvalue weighted by Gasteiger charge is 1.99. The van der Waals surface area contributed by atoms with Gasteiger partial charge in [-0.15, -0.1) is 0 Å². The number of carbonyl (C=O) groups excluding carboxylic acids is 1. The summed E-state index contributed by atoms with van der Waals surface area (Å²) in [6, 6.07) is 6.64. The first kappa shape index (κ1) is 11.5. The highest BCUT2D eigenvalue weighted by molar-refractivity contribution is 5.91. The summed E-state index contributed by atoms with van der Waals surface area (Å²) in [5, 5.41) is 19.5. The maximum absolute atomic E-state index is 10.8. The van der Waals surface area contributed by atoms with Crippen LogP contribution in [0.4, 0.5) is 5.69 Å². The quantitative estimate of drug-likeness (QED) is 0.640. The Hall–Kier alpha value is -1.59. The van der Waals surface area contributed by atoms with Crippen molar-refractivity contribution in [1.29, 1.82) is 0 Å². The summed E-state index contributed by atoms with van der Waals surface area (Å²) in [6.07, 6.45) is 0. The van der Waals surface area contributed by atoms with Crippen LogP contribution < -0.4 is 10.1 Å². The number of rotatable bonds is 5. The summed E-state index contributed by atoms with van der Waals surface area (Å²) < 4.78 is 5.13. The van der Waals surface area contributed by atoms with Gasteiger partial charge in [0.25, 0.3) is 0 Å². The fourth-order valence-electron chi connectivity index (χ4n) is 0.999. The molecule has 0 unspecified atom stereocenters. The summed E-state index contributed by atoms with van der Waals surface area (Å²) in [7, 11) is 0. The molecule has 82 valence electrons. The summed E-state index contributed by atoms with van der Waals surface area (Å²) >= 11 is 0. The predicted octanol–water partition coefficient (Wildman–Crippen LogP) is -0.0115. The van der Waals surface area contributed by atoms with E-state index in [1.54, 1.807) is 24.3 Å². The molecule has 0 heterocycles. The van der Waals surface area contributed by atoms with Crippen molar-refractivity contribution in [3.63, 3.8) is 0 Å². The van der Waals surface area contributed by atoms with E-state index in [0.717, 1.165) is 0 Å². The molecule has 0 spiro atoms. The Morgan fingerprint density at radius 2 is 1.93 bits per heavy atom. The van der Waals surface area contributed by atoms with Gasteiger partial charge in [-0.05, 0) is 24.3 Å². The highest BCUT2D eigenvalue weighted by Crippen LogP contribution is 2.15. The fraction of sp³-hybridized carbons (Fsp3) is 0.300. The Morgan fingerprint density at radius 3 is 2.47 bits per heavy atom. The molecule has 1 aromatic carbocycles. The van der Waals surface area contributed by atoms with Gasteiger partial charge < -0.3 is 20.3 Å². The summed E-state index contributed by atoms with van der Waals surface area (Å²) in [5.41, 5.74) is 0.588. The maximum atomic E-state index is 10.8. The molecule has 0 bridgehead atoms. The predicted molar refractivity (Wildman–Crippen MR) is 54.7 cm³/mol. The van der Waals surface area contributed by atoms with Gasteiger partial charge in [-0.3, -0.25) is 4.79 Å². The molecule has 1 aromatic rings. The first-order valence-electron chi connectivity index (χ1n) is 4.50. The Kier molecular flexibility index (Phi) is 4.59. The van der Waals surface area contributed by atoms with E-state index in [2.05, 4.69) is 5.32 Å². The van der Waals surface area contributed by atoms with E-state index >= 15 is 0 Å². The first-order valence-corrected chi connectivity index (χ1v) is 4.50. The topological polar surface area (TPSA) is 78.8 Å². The molecule has 15 heavy (non-hydrogen) atoms. The van der Waals surface area contributed by atoms with Crippen molar-refractivity contribution in [2.75, 3.05) is 25.1 Å². The second-order valence-electron chi connectivity index (χ2n) is 2.80. The standard InChI is InChI=1S/C10H13NO4/c12-5-6-15-9-3-1-8(2-4-9)11-10(14)7-13/h1-4,12-13H,5-7H2,(H,11,14). The van der Waals surface area contributed by atoms with E-state index in [9.17, 15) is 4.79 Å². The molecule has 0 aliphatic heterocycles. The second-order valence-corrected chi connectivity index (χ2v) is 2.80.